The highest BCUT2D eigenvalue weighted by molar-refractivity contribution is 5.97. The number of imidazole rings is 1. The van der Waals surface area contributed by atoms with Crippen molar-refractivity contribution in [1.29, 1.82) is 5.41 Å². The second kappa shape index (κ2) is 8.21. The first-order valence-corrected chi connectivity index (χ1v) is 8.45. The number of carbonyl (C=O) groups is 1. The third-order valence-corrected chi connectivity index (χ3v) is 4.08. The summed E-state index contributed by atoms with van der Waals surface area (Å²) in [5, 5.41) is 7.12. The summed E-state index contributed by atoms with van der Waals surface area (Å²) in [6.07, 6.45) is 1.41. The van der Waals surface area contributed by atoms with Crippen molar-refractivity contribution >= 4 is 23.5 Å². The number of halogens is 2. The normalized spacial score (nSPS) is 20.1. The summed E-state index contributed by atoms with van der Waals surface area (Å²) in [5.41, 5.74) is 5.65. The van der Waals surface area contributed by atoms with Crippen LogP contribution in [0.2, 0.25) is 0 Å². The van der Waals surface area contributed by atoms with Crippen LogP contribution in [0, 0.1) is 5.41 Å². The number of carbonyl (C=O) groups excluding carboxylic acids is 1. The fraction of sp³-hybridized carbons (Fsp3) is 0.353. The maximum absolute atomic E-state index is 12.4. The van der Waals surface area contributed by atoms with Gasteiger partial charge in [-0.1, -0.05) is 0 Å². The van der Waals surface area contributed by atoms with Crippen molar-refractivity contribution in [3.63, 3.8) is 0 Å². The number of rotatable bonds is 6. The summed E-state index contributed by atoms with van der Waals surface area (Å²) in [6, 6.07) is 1.72. The van der Waals surface area contributed by atoms with E-state index in [0.717, 1.165) is 6.08 Å². The maximum atomic E-state index is 12.4. The number of nitrogens with zero attached hydrogens (tertiary/aromatic N) is 4. The zero-order valence-corrected chi connectivity index (χ0v) is 15.0. The lowest BCUT2D eigenvalue weighted by atomic mass is 10.2. The Morgan fingerprint density at radius 1 is 1.43 bits per heavy atom. The molecule has 148 valence electrons. The third-order valence-electron chi connectivity index (χ3n) is 4.08. The first-order chi connectivity index (χ1) is 13.3. The van der Waals surface area contributed by atoms with E-state index in [-0.39, 0.29) is 12.6 Å². The van der Waals surface area contributed by atoms with E-state index in [1.54, 1.807) is 6.07 Å². The Balaban J connectivity index is 1.78. The average Bonchev–Trinajstić information content (AvgIpc) is 3.14. The minimum Gasteiger partial charge on any atom is -0.367 e. The third kappa shape index (κ3) is 4.55. The zero-order chi connectivity index (χ0) is 20.3. The van der Waals surface area contributed by atoms with Crippen LogP contribution in [-0.4, -0.2) is 63.3 Å². The molecule has 9 nitrogen and oxygen atoms in total. The summed E-state index contributed by atoms with van der Waals surface area (Å²) >= 11 is 0. The molecule has 2 unspecified atom stereocenters. The fourth-order valence-electron chi connectivity index (χ4n) is 2.76. The molecule has 3 rings (SSSR count). The van der Waals surface area contributed by atoms with Crippen LogP contribution in [0.3, 0.4) is 0 Å². The van der Waals surface area contributed by atoms with E-state index in [4.69, 9.17) is 15.9 Å². The Bertz CT molecular complexity index is 899. The Labute approximate surface area is 159 Å². The molecule has 3 heterocycles. The van der Waals surface area contributed by atoms with Gasteiger partial charge in [0.15, 0.2) is 6.10 Å². The number of hydrogen-bond acceptors (Lipinski definition) is 7. The first-order valence-electron chi connectivity index (χ1n) is 8.45. The molecule has 2 atom stereocenters. The van der Waals surface area contributed by atoms with Gasteiger partial charge in [0.25, 0.3) is 6.43 Å². The number of allylic oxidation sites excluding steroid dienone is 1. The molecule has 2 aromatic rings. The van der Waals surface area contributed by atoms with Crippen molar-refractivity contribution in [3.8, 4) is 11.4 Å². The minimum absolute atomic E-state index is 0.196. The summed E-state index contributed by atoms with van der Waals surface area (Å²) in [6.45, 7) is 2.66. The molecule has 1 amide bonds. The monoisotopic (exact) mass is 391 g/mol. The number of H-pyrrole nitrogens is 1. The predicted molar refractivity (Wildman–Crippen MR) is 98.1 cm³/mol. The molecule has 0 aliphatic carbocycles. The van der Waals surface area contributed by atoms with E-state index in [1.165, 1.54) is 18.6 Å². The molecule has 1 saturated heterocycles. The molecule has 0 spiro atoms. The SMILES string of the molecule is CC1CN(c2cc(-c3cnc(/C=C\C(=N)C(F)F)[nH]3)ncn2)CC(C(N)=O)O1. The second-order valence-electron chi connectivity index (χ2n) is 6.28. The van der Waals surface area contributed by atoms with Gasteiger partial charge in [-0.15, -0.1) is 0 Å². The van der Waals surface area contributed by atoms with Crippen LogP contribution in [0.1, 0.15) is 12.7 Å². The number of primary amides is 1. The summed E-state index contributed by atoms with van der Waals surface area (Å²) in [4.78, 5) is 28.8. The van der Waals surface area contributed by atoms with Gasteiger partial charge in [0.1, 0.15) is 18.0 Å². The van der Waals surface area contributed by atoms with Crippen molar-refractivity contribution in [3.05, 3.63) is 30.5 Å². The largest absolute Gasteiger partial charge is 0.367 e. The zero-order valence-electron chi connectivity index (χ0n) is 15.0. The van der Waals surface area contributed by atoms with Crippen LogP contribution in [-0.2, 0) is 9.53 Å². The second-order valence-corrected chi connectivity index (χ2v) is 6.28. The number of anilines is 1. The van der Waals surface area contributed by atoms with E-state index < -0.39 is 24.1 Å². The number of alkyl halides is 2. The maximum Gasteiger partial charge on any atom is 0.279 e. The summed E-state index contributed by atoms with van der Waals surface area (Å²) < 4.78 is 30.2. The Morgan fingerprint density at radius 3 is 2.93 bits per heavy atom. The smallest absolute Gasteiger partial charge is 0.279 e. The van der Waals surface area contributed by atoms with Gasteiger partial charge in [0.05, 0.1) is 35.9 Å². The number of aromatic nitrogens is 4. The standard InChI is InChI=1S/C17H19F2N7O2/c1-9-6-26(7-13(28-9)17(21)27)15-4-11(23-8-24-15)12-5-22-14(25-12)3-2-10(20)16(18)19/h2-5,8-9,13,16,20H,6-7H2,1H3,(H2,21,27)(H,22,25)/b3-2-,20-10?. The van der Waals surface area contributed by atoms with Crippen molar-refractivity contribution in [2.24, 2.45) is 5.73 Å². The number of nitrogens with one attached hydrogen (secondary N) is 2. The molecule has 11 heteroatoms. The molecule has 1 aliphatic rings. The van der Waals surface area contributed by atoms with Crippen molar-refractivity contribution < 1.29 is 18.3 Å². The number of morpholine rings is 1. The van der Waals surface area contributed by atoms with Crippen molar-refractivity contribution in [1.82, 2.24) is 19.9 Å². The predicted octanol–water partition coefficient (Wildman–Crippen LogP) is 1.24. The van der Waals surface area contributed by atoms with E-state index in [2.05, 4.69) is 19.9 Å². The molecule has 1 aliphatic heterocycles. The van der Waals surface area contributed by atoms with Crippen molar-refractivity contribution in [2.75, 3.05) is 18.0 Å². The van der Waals surface area contributed by atoms with Gasteiger partial charge in [-0.25, -0.2) is 23.7 Å². The van der Waals surface area contributed by atoms with Crippen LogP contribution >= 0.6 is 0 Å². The molecule has 0 bridgehead atoms. The van der Waals surface area contributed by atoms with E-state index in [9.17, 15) is 13.6 Å². The highest BCUT2D eigenvalue weighted by atomic mass is 19.3. The van der Waals surface area contributed by atoms with Crippen LogP contribution in [0.15, 0.2) is 24.7 Å². The molecule has 4 N–H and O–H groups in total. The number of hydrogen-bond donors (Lipinski definition) is 3. The van der Waals surface area contributed by atoms with Crippen LogP contribution < -0.4 is 10.6 Å². The molecule has 0 radical (unpaired) electrons. The highest BCUT2D eigenvalue weighted by Crippen LogP contribution is 2.22. The van der Waals surface area contributed by atoms with Crippen LogP contribution in [0.25, 0.3) is 17.5 Å². The summed E-state index contributed by atoms with van der Waals surface area (Å²) in [5.74, 6) is 0.372. The van der Waals surface area contributed by atoms with Gasteiger partial charge in [0.2, 0.25) is 5.91 Å². The molecule has 0 saturated carbocycles. The number of aromatic amines is 1. The lowest BCUT2D eigenvalue weighted by molar-refractivity contribution is -0.133. The topological polar surface area (TPSA) is 134 Å². The first kappa shape index (κ1) is 19.5. The van der Waals surface area contributed by atoms with Gasteiger partial charge in [0, 0.05) is 12.6 Å². The van der Waals surface area contributed by atoms with Gasteiger partial charge in [-0.2, -0.15) is 0 Å². The van der Waals surface area contributed by atoms with Gasteiger partial charge in [-0.3, -0.25) is 10.2 Å². The Morgan fingerprint density at radius 2 is 2.21 bits per heavy atom. The highest BCUT2D eigenvalue weighted by Gasteiger charge is 2.29. The Kier molecular flexibility index (Phi) is 5.73. The lowest BCUT2D eigenvalue weighted by Gasteiger charge is -2.36. The average molecular weight is 391 g/mol. The molecular weight excluding hydrogens is 372 g/mol. The van der Waals surface area contributed by atoms with Crippen LogP contribution in [0.4, 0.5) is 14.6 Å². The van der Waals surface area contributed by atoms with E-state index in [0.29, 0.717) is 29.6 Å². The number of ether oxygens (including phenoxy) is 1. The Hall–Kier alpha value is -3.21. The molecule has 0 aromatic carbocycles. The number of nitrogens with two attached hydrogens (primary N) is 1. The van der Waals surface area contributed by atoms with Crippen molar-refractivity contribution in [2.45, 2.75) is 25.6 Å². The molecule has 1 fully saturated rings. The molecular formula is C17H19F2N7O2. The number of amides is 1. The van der Waals surface area contributed by atoms with Crippen LogP contribution in [0.5, 0.6) is 0 Å². The summed E-state index contributed by atoms with van der Waals surface area (Å²) in [7, 11) is 0. The van der Waals surface area contributed by atoms with Gasteiger partial charge < -0.3 is 20.4 Å². The molecule has 2 aromatic heterocycles. The van der Waals surface area contributed by atoms with Gasteiger partial charge in [-0.05, 0) is 19.1 Å². The minimum atomic E-state index is -2.84. The lowest BCUT2D eigenvalue weighted by Crippen LogP contribution is -2.52. The fourth-order valence-corrected chi connectivity index (χ4v) is 2.76. The van der Waals surface area contributed by atoms with Gasteiger partial charge >= 0.3 is 0 Å². The van der Waals surface area contributed by atoms with E-state index >= 15 is 0 Å². The quantitative estimate of drug-likeness (QED) is 0.635. The molecule has 28 heavy (non-hydrogen) atoms. The van der Waals surface area contributed by atoms with E-state index in [1.807, 2.05) is 11.8 Å².